The number of anilines is 1. The topological polar surface area (TPSA) is 82.8 Å². The van der Waals surface area contributed by atoms with Crippen LogP contribution < -0.4 is 4.90 Å². The molecule has 1 fully saturated rings. The Hall–Kier alpha value is -2.72. The molecule has 1 unspecified atom stereocenters. The molecular formula is C27H34N2O4. The van der Waals surface area contributed by atoms with Crippen LogP contribution in [0.4, 0.5) is 5.69 Å². The lowest BCUT2D eigenvalue weighted by atomic mass is 9.98. The number of carbonyl (C=O) groups excluding carboxylic acids is 1. The number of ketones is 1. The first-order chi connectivity index (χ1) is 16.2. The van der Waals surface area contributed by atoms with E-state index < -0.39 is 0 Å². The summed E-state index contributed by atoms with van der Waals surface area (Å²) in [6.45, 7) is 4.76. The van der Waals surface area contributed by atoms with Gasteiger partial charge in [-0.25, -0.2) is 0 Å². The maximum absolute atomic E-state index is 12.8. The van der Waals surface area contributed by atoms with E-state index in [9.17, 15) is 10.1 Å². The zero-order valence-corrected chi connectivity index (χ0v) is 19.5. The fourth-order valence-corrected chi connectivity index (χ4v) is 4.45. The zero-order valence-electron chi connectivity index (χ0n) is 19.5. The van der Waals surface area contributed by atoms with Gasteiger partial charge in [0.1, 0.15) is 6.07 Å². The lowest BCUT2D eigenvalue weighted by molar-refractivity contribution is -0.115. The van der Waals surface area contributed by atoms with Crippen LogP contribution in [0.15, 0.2) is 42.0 Å². The number of carbonyl (C=O) groups is 1. The van der Waals surface area contributed by atoms with E-state index in [0.29, 0.717) is 38.9 Å². The molecule has 3 rings (SSSR count). The van der Waals surface area contributed by atoms with Gasteiger partial charge in [0.2, 0.25) is 0 Å². The molecule has 2 aromatic carbocycles. The molecule has 0 aromatic heterocycles. The van der Waals surface area contributed by atoms with Crippen molar-refractivity contribution in [2.24, 2.45) is 0 Å². The van der Waals surface area contributed by atoms with Crippen molar-refractivity contribution in [1.29, 1.82) is 5.26 Å². The van der Waals surface area contributed by atoms with Crippen LogP contribution in [0.25, 0.3) is 16.8 Å². The van der Waals surface area contributed by atoms with Crippen LogP contribution in [0.5, 0.6) is 0 Å². The minimum absolute atomic E-state index is 0.00639. The highest BCUT2D eigenvalue weighted by molar-refractivity contribution is 6.06. The summed E-state index contributed by atoms with van der Waals surface area (Å²) in [5.74, 6) is -0.162. The highest BCUT2D eigenvalue weighted by Crippen LogP contribution is 2.37. The molecule has 1 saturated heterocycles. The molecule has 0 aliphatic carbocycles. The van der Waals surface area contributed by atoms with Crippen molar-refractivity contribution < 1.29 is 19.4 Å². The molecule has 0 spiro atoms. The van der Waals surface area contributed by atoms with Crippen molar-refractivity contribution in [3.8, 4) is 6.07 Å². The summed E-state index contributed by atoms with van der Waals surface area (Å²) in [4.78, 5) is 15.2. The number of nitriles is 1. The molecule has 1 aliphatic heterocycles. The Morgan fingerprint density at radius 3 is 2.73 bits per heavy atom. The Bertz CT molecular complexity index is 995. The third kappa shape index (κ3) is 6.64. The average molecular weight is 451 g/mol. The van der Waals surface area contributed by atoms with Crippen LogP contribution in [0, 0.1) is 11.3 Å². The van der Waals surface area contributed by atoms with E-state index in [0.717, 1.165) is 47.8 Å². The minimum Gasteiger partial charge on any atom is -0.394 e. The molecule has 6 heteroatoms. The molecule has 1 heterocycles. The fourth-order valence-electron chi connectivity index (χ4n) is 4.45. The van der Waals surface area contributed by atoms with E-state index >= 15 is 0 Å². The summed E-state index contributed by atoms with van der Waals surface area (Å²) in [5, 5.41) is 20.7. The Morgan fingerprint density at radius 1 is 1.18 bits per heavy atom. The first kappa shape index (κ1) is 24.9. The Labute approximate surface area is 196 Å². The van der Waals surface area contributed by atoms with Gasteiger partial charge in [0, 0.05) is 31.0 Å². The average Bonchev–Trinajstić information content (AvgIpc) is 3.32. The molecule has 0 radical (unpaired) electrons. The van der Waals surface area contributed by atoms with Crippen LogP contribution >= 0.6 is 0 Å². The summed E-state index contributed by atoms with van der Waals surface area (Å²) < 4.78 is 10.6. The van der Waals surface area contributed by atoms with Gasteiger partial charge in [-0.3, -0.25) is 4.79 Å². The van der Waals surface area contributed by atoms with E-state index in [-0.39, 0.29) is 24.4 Å². The highest BCUT2D eigenvalue weighted by Gasteiger charge is 2.26. The predicted octanol–water partition coefficient (Wildman–Crippen LogP) is 4.50. The number of fused-ring (bicyclic) bond motifs is 1. The number of benzene rings is 2. The van der Waals surface area contributed by atoms with Gasteiger partial charge in [-0.1, -0.05) is 43.3 Å². The molecule has 176 valence electrons. The van der Waals surface area contributed by atoms with Gasteiger partial charge in [0.05, 0.1) is 37.7 Å². The van der Waals surface area contributed by atoms with Gasteiger partial charge in [-0.2, -0.15) is 5.26 Å². The van der Waals surface area contributed by atoms with E-state index in [2.05, 4.69) is 36.1 Å². The molecule has 2 aromatic rings. The number of Topliss-reactive ketones (excluding diaryl/α,β-unsaturated/α-hetero) is 1. The first-order valence-electron chi connectivity index (χ1n) is 11.9. The number of aliphatic hydroxyl groups excluding tert-OH is 1. The second-order valence-electron chi connectivity index (χ2n) is 8.27. The molecule has 0 bridgehead atoms. The molecule has 33 heavy (non-hydrogen) atoms. The molecule has 1 atom stereocenters. The molecule has 6 nitrogen and oxygen atoms in total. The lowest BCUT2D eigenvalue weighted by Gasteiger charge is -2.29. The fraction of sp³-hybridized carbons (Fsp3) is 0.481. The number of rotatable bonds is 13. The van der Waals surface area contributed by atoms with Gasteiger partial charge >= 0.3 is 0 Å². The largest absolute Gasteiger partial charge is 0.394 e. The quantitative estimate of drug-likeness (QED) is 0.275. The number of nitrogens with zero attached hydrogens (tertiary/aromatic N) is 2. The van der Waals surface area contributed by atoms with Gasteiger partial charge < -0.3 is 19.5 Å². The third-order valence-electron chi connectivity index (χ3n) is 6.09. The normalized spacial score (nSPS) is 16.3. The van der Waals surface area contributed by atoms with Gasteiger partial charge in [-0.05, 0) is 42.7 Å². The predicted molar refractivity (Wildman–Crippen MR) is 131 cm³/mol. The summed E-state index contributed by atoms with van der Waals surface area (Å²) in [5.41, 5.74) is 2.24. The Balaban J connectivity index is 1.74. The summed E-state index contributed by atoms with van der Waals surface area (Å²) in [7, 11) is 0. The van der Waals surface area contributed by atoms with Crippen molar-refractivity contribution in [1.82, 2.24) is 0 Å². The van der Waals surface area contributed by atoms with Crippen molar-refractivity contribution in [2.45, 2.75) is 45.1 Å². The summed E-state index contributed by atoms with van der Waals surface area (Å²) in [6, 6.07) is 15.0. The highest BCUT2D eigenvalue weighted by atomic mass is 16.5. The number of hydrogen-bond acceptors (Lipinski definition) is 6. The number of aliphatic hydroxyl groups is 1. The van der Waals surface area contributed by atoms with Crippen molar-refractivity contribution in [3.05, 3.63) is 47.5 Å². The van der Waals surface area contributed by atoms with E-state index in [1.807, 2.05) is 18.2 Å². The van der Waals surface area contributed by atoms with Crippen LogP contribution in [-0.2, 0) is 14.3 Å². The van der Waals surface area contributed by atoms with E-state index in [4.69, 9.17) is 14.6 Å². The lowest BCUT2D eigenvalue weighted by Crippen LogP contribution is -2.29. The van der Waals surface area contributed by atoms with Gasteiger partial charge in [-0.15, -0.1) is 0 Å². The third-order valence-corrected chi connectivity index (χ3v) is 6.09. The van der Waals surface area contributed by atoms with Crippen molar-refractivity contribution in [3.63, 3.8) is 0 Å². The second-order valence-corrected chi connectivity index (χ2v) is 8.27. The number of allylic oxidation sites excluding steroid dienone is 1. The number of ether oxygens (including phenoxy) is 2. The number of hydrogen-bond donors (Lipinski definition) is 1. The molecule has 1 aliphatic rings. The molecular weight excluding hydrogens is 416 g/mol. The SMILES string of the molecule is CCC1CCCN1c1c(/C=C(\C#N)C(=O)CCCOCCOCCO)ccc2ccccc12. The maximum Gasteiger partial charge on any atom is 0.173 e. The van der Waals surface area contributed by atoms with E-state index in [1.54, 1.807) is 6.08 Å². The summed E-state index contributed by atoms with van der Waals surface area (Å²) in [6.07, 6.45) is 5.96. The maximum atomic E-state index is 12.8. The first-order valence-corrected chi connectivity index (χ1v) is 11.9. The summed E-state index contributed by atoms with van der Waals surface area (Å²) >= 11 is 0. The molecule has 1 N–H and O–H groups in total. The van der Waals surface area contributed by atoms with Crippen LogP contribution in [0.2, 0.25) is 0 Å². The van der Waals surface area contributed by atoms with Crippen molar-refractivity contribution >= 4 is 28.3 Å². The van der Waals surface area contributed by atoms with Crippen LogP contribution in [-0.4, -0.2) is 56.5 Å². The standard InChI is InChI=1S/C27H34N2O4/c1-2-24-8-5-13-29(24)27-22(12-11-21-7-3-4-9-25(21)27)19-23(20-28)26(31)10-6-15-32-17-18-33-16-14-30/h3-4,7,9,11-12,19,24,30H,2,5-6,8,10,13-18H2,1H3/b23-19+. The Morgan fingerprint density at radius 2 is 1.97 bits per heavy atom. The monoisotopic (exact) mass is 450 g/mol. The van der Waals surface area contributed by atoms with Crippen LogP contribution in [0.1, 0.15) is 44.6 Å². The van der Waals surface area contributed by atoms with Gasteiger partial charge in [0.15, 0.2) is 5.78 Å². The zero-order chi connectivity index (χ0) is 23.5. The second kappa shape index (κ2) is 13.1. The molecule has 0 amide bonds. The Kier molecular flexibility index (Phi) is 9.89. The minimum atomic E-state index is -0.162. The van der Waals surface area contributed by atoms with E-state index in [1.165, 1.54) is 0 Å². The van der Waals surface area contributed by atoms with Crippen LogP contribution in [0.3, 0.4) is 0 Å². The van der Waals surface area contributed by atoms with Crippen molar-refractivity contribution in [2.75, 3.05) is 44.5 Å². The van der Waals surface area contributed by atoms with Gasteiger partial charge in [0.25, 0.3) is 0 Å². The smallest absolute Gasteiger partial charge is 0.173 e. The molecule has 0 saturated carbocycles.